The van der Waals surface area contributed by atoms with Crippen molar-refractivity contribution < 1.29 is 4.79 Å². The van der Waals surface area contributed by atoms with E-state index in [4.69, 9.17) is 11.6 Å². The summed E-state index contributed by atoms with van der Waals surface area (Å²) < 4.78 is 1.35. The van der Waals surface area contributed by atoms with Gasteiger partial charge in [-0.05, 0) is 43.5 Å². The summed E-state index contributed by atoms with van der Waals surface area (Å²) >= 11 is 6.13. The van der Waals surface area contributed by atoms with E-state index in [2.05, 4.69) is 15.3 Å². The highest BCUT2D eigenvalue weighted by Crippen LogP contribution is 2.25. The summed E-state index contributed by atoms with van der Waals surface area (Å²) in [6.07, 6.45) is 0. The van der Waals surface area contributed by atoms with Gasteiger partial charge in [0, 0.05) is 22.9 Å². The highest BCUT2D eigenvalue weighted by Gasteiger charge is 2.20. The first-order valence-electron chi connectivity index (χ1n) is 8.98. The van der Waals surface area contributed by atoms with Gasteiger partial charge in [0.15, 0.2) is 5.65 Å². The standard InChI is InChI=1S/C20H21ClN4O3/c1-5-25-17-16(19(27)24-20(25)28)12(9-15(22-17)10(2)3)18(26)23-14-8-6-7-13(21)11(14)4/h6-10H,5H2,1-4H3,(H,23,26)(H,24,27,28). The van der Waals surface area contributed by atoms with Gasteiger partial charge < -0.3 is 5.32 Å². The van der Waals surface area contributed by atoms with Crippen molar-refractivity contribution in [3.8, 4) is 0 Å². The summed E-state index contributed by atoms with van der Waals surface area (Å²) in [4.78, 5) is 44.6. The monoisotopic (exact) mass is 400 g/mol. The van der Waals surface area contributed by atoms with Crippen LogP contribution in [0.2, 0.25) is 5.02 Å². The predicted molar refractivity (Wildman–Crippen MR) is 111 cm³/mol. The van der Waals surface area contributed by atoms with Gasteiger partial charge in [-0.25, -0.2) is 9.78 Å². The van der Waals surface area contributed by atoms with Gasteiger partial charge in [0.2, 0.25) is 0 Å². The Balaban J connectivity index is 2.27. The lowest BCUT2D eigenvalue weighted by Crippen LogP contribution is -2.32. The maximum Gasteiger partial charge on any atom is 0.329 e. The molecule has 2 heterocycles. The molecule has 0 radical (unpaired) electrons. The van der Waals surface area contributed by atoms with Crippen LogP contribution in [0.3, 0.4) is 0 Å². The van der Waals surface area contributed by atoms with Crippen LogP contribution in [0.15, 0.2) is 33.9 Å². The molecule has 7 nitrogen and oxygen atoms in total. The number of fused-ring (bicyclic) bond motifs is 1. The lowest BCUT2D eigenvalue weighted by Gasteiger charge is -2.15. The van der Waals surface area contributed by atoms with Crippen LogP contribution in [-0.2, 0) is 6.54 Å². The Kier molecular flexibility index (Phi) is 5.38. The third-order valence-corrected chi connectivity index (χ3v) is 5.05. The van der Waals surface area contributed by atoms with E-state index in [0.29, 0.717) is 22.9 Å². The molecule has 2 aromatic heterocycles. The van der Waals surface area contributed by atoms with Gasteiger partial charge >= 0.3 is 5.69 Å². The molecule has 3 aromatic rings. The van der Waals surface area contributed by atoms with Crippen molar-refractivity contribution in [3.63, 3.8) is 0 Å². The number of aromatic amines is 1. The van der Waals surface area contributed by atoms with Crippen molar-refractivity contribution in [3.05, 3.63) is 66.9 Å². The molecule has 8 heteroatoms. The Hall–Kier alpha value is -2.93. The topological polar surface area (TPSA) is 96.9 Å². The number of amides is 1. The summed E-state index contributed by atoms with van der Waals surface area (Å²) in [6.45, 7) is 7.74. The molecule has 1 amide bonds. The van der Waals surface area contributed by atoms with Crippen LogP contribution in [-0.4, -0.2) is 20.4 Å². The van der Waals surface area contributed by atoms with Crippen molar-refractivity contribution in [2.24, 2.45) is 0 Å². The molecule has 146 valence electrons. The van der Waals surface area contributed by atoms with Crippen LogP contribution in [0, 0.1) is 6.92 Å². The van der Waals surface area contributed by atoms with Gasteiger partial charge in [0.1, 0.15) is 0 Å². The molecule has 0 saturated heterocycles. The number of carbonyl (C=O) groups excluding carboxylic acids is 1. The zero-order chi connectivity index (χ0) is 20.6. The van der Waals surface area contributed by atoms with Crippen LogP contribution in [0.1, 0.15) is 48.3 Å². The number of H-pyrrole nitrogens is 1. The van der Waals surface area contributed by atoms with E-state index in [1.54, 1.807) is 38.1 Å². The second-order valence-electron chi connectivity index (χ2n) is 6.82. The Bertz CT molecular complexity index is 1190. The zero-order valence-electron chi connectivity index (χ0n) is 16.1. The maximum atomic E-state index is 13.1. The highest BCUT2D eigenvalue weighted by molar-refractivity contribution is 6.31. The number of carbonyl (C=O) groups is 1. The molecule has 0 atom stereocenters. The van der Waals surface area contributed by atoms with Crippen LogP contribution < -0.4 is 16.6 Å². The molecule has 0 bridgehead atoms. The molecular formula is C20H21ClN4O3. The first-order valence-corrected chi connectivity index (χ1v) is 9.36. The number of rotatable bonds is 4. The number of nitrogens with one attached hydrogen (secondary N) is 2. The number of halogens is 1. The number of benzene rings is 1. The lowest BCUT2D eigenvalue weighted by atomic mass is 10.0. The Morgan fingerprint density at radius 3 is 2.68 bits per heavy atom. The van der Waals surface area contributed by atoms with Crippen molar-refractivity contribution >= 4 is 34.2 Å². The molecular weight excluding hydrogens is 380 g/mol. The van der Waals surface area contributed by atoms with E-state index in [-0.39, 0.29) is 22.5 Å². The van der Waals surface area contributed by atoms with Gasteiger partial charge in [0.25, 0.3) is 11.5 Å². The third kappa shape index (κ3) is 3.45. The average Bonchev–Trinajstić information content (AvgIpc) is 2.64. The van der Waals surface area contributed by atoms with E-state index in [1.165, 1.54) is 4.57 Å². The predicted octanol–water partition coefficient (Wildman–Crippen LogP) is 3.44. The molecule has 28 heavy (non-hydrogen) atoms. The van der Waals surface area contributed by atoms with Crippen molar-refractivity contribution in [2.75, 3.05) is 5.32 Å². The normalized spacial score (nSPS) is 11.2. The molecule has 0 unspecified atom stereocenters. The minimum atomic E-state index is -0.638. The molecule has 0 aliphatic rings. The number of pyridine rings is 1. The smallest absolute Gasteiger partial charge is 0.322 e. The Labute approximate surface area is 166 Å². The van der Waals surface area contributed by atoms with Gasteiger partial charge in [-0.1, -0.05) is 31.5 Å². The van der Waals surface area contributed by atoms with Crippen LogP contribution in [0.25, 0.3) is 11.0 Å². The molecule has 0 aliphatic carbocycles. The first-order chi connectivity index (χ1) is 13.2. The van der Waals surface area contributed by atoms with E-state index in [1.807, 2.05) is 13.8 Å². The Morgan fingerprint density at radius 2 is 2.04 bits per heavy atom. The molecule has 3 rings (SSSR count). The second-order valence-corrected chi connectivity index (χ2v) is 7.23. The fourth-order valence-corrected chi connectivity index (χ4v) is 3.17. The van der Waals surface area contributed by atoms with Crippen molar-refractivity contribution in [2.45, 2.75) is 40.2 Å². The van der Waals surface area contributed by atoms with E-state index >= 15 is 0 Å². The zero-order valence-corrected chi connectivity index (χ0v) is 16.8. The van der Waals surface area contributed by atoms with Crippen molar-refractivity contribution in [1.82, 2.24) is 14.5 Å². The van der Waals surface area contributed by atoms with Gasteiger partial charge in [0.05, 0.1) is 10.9 Å². The molecule has 0 spiro atoms. The van der Waals surface area contributed by atoms with E-state index < -0.39 is 17.2 Å². The minimum absolute atomic E-state index is 0.00329. The third-order valence-electron chi connectivity index (χ3n) is 4.64. The van der Waals surface area contributed by atoms with Crippen LogP contribution in [0.4, 0.5) is 5.69 Å². The van der Waals surface area contributed by atoms with E-state index in [0.717, 1.165) is 5.56 Å². The summed E-state index contributed by atoms with van der Waals surface area (Å²) in [6, 6.07) is 6.80. The number of hydrogen-bond donors (Lipinski definition) is 2. The molecule has 1 aromatic carbocycles. The number of aromatic nitrogens is 3. The van der Waals surface area contributed by atoms with Gasteiger partial charge in [-0.3, -0.25) is 19.1 Å². The summed E-state index contributed by atoms with van der Waals surface area (Å²) in [5, 5.41) is 3.43. The van der Waals surface area contributed by atoms with Crippen molar-refractivity contribution in [1.29, 1.82) is 0 Å². The minimum Gasteiger partial charge on any atom is -0.322 e. The Morgan fingerprint density at radius 1 is 1.32 bits per heavy atom. The summed E-state index contributed by atoms with van der Waals surface area (Å²) in [5.74, 6) is -0.463. The average molecular weight is 401 g/mol. The molecule has 0 fully saturated rings. The number of nitrogens with zero attached hydrogens (tertiary/aromatic N) is 2. The maximum absolute atomic E-state index is 13.1. The summed E-state index contributed by atoms with van der Waals surface area (Å²) in [7, 11) is 0. The number of hydrogen-bond acceptors (Lipinski definition) is 4. The van der Waals surface area contributed by atoms with Gasteiger partial charge in [-0.15, -0.1) is 0 Å². The molecule has 0 saturated carbocycles. The van der Waals surface area contributed by atoms with E-state index in [9.17, 15) is 14.4 Å². The second kappa shape index (κ2) is 7.59. The fraction of sp³-hybridized carbons (Fsp3) is 0.300. The number of anilines is 1. The van der Waals surface area contributed by atoms with Gasteiger partial charge in [-0.2, -0.15) is 0 Å². The SMILES string of the molecule is CCn1c(=O)[nH]c(=O)c2c(C(=O)Nc3cccc(Cl)c3C)cc(C(C)C)nc21. The quantitative estimate of drug-likeness (QED) is 0.701. The summed E-state index contributed by atoms with van der Waals surface area (Å²) in [5.41, 5.74) is 1.07. The lowest BCUT2D eigenvalue weighted by molar-refractivity contribution is 0.102. The fourth-order valence-electron chi connectivity index (χ4n) is 2.99. The van der Waals surface area contributed by atoms with Crippen LogP contribution in [0.5, 0.6) is 0 Å². The first kappa shape index (κ1) is 19.8. The highest BCUT2D eigenvalue weighted by atomic mass is 35.5. The van der Waals surface area contributed by atoms with Crippen LogP contribution >= 0.6 is 11.6 Å². The number of aryl methyl sites for hydroxylation is 1. The molecule has 2 N–H and O–H groups in total. The largest absolute Gasteiger partial charge is 0.329 e. The molecule has 0 aliphatic heterocycles.